The molecule has 4 rings (SSSR count). The number of phenols is 1. The number of aromatic nitrogens is 2. The molecule has 134 valence electrons. The van der Waals surface area contributed by atoms with Crippen LogP contribution in [0.25, 0.3) is 22.4 Å². The van der Waals surface area contributed by atoms with Gasteiger partial charge < -0.3 is 9.84 Å². The van der Waals surface area contributed by atoms with Crippen LogP contribution in [0.4, 0.5) is 0 Å². The molecule has 0 spiro atoms. The zero-order valence-corrected chi connectivity index (χ0v) is 15.0. The number of benzene rings is 3. The molecule has 0 unspecified atom stereocenters. The summed E-state index contributed by atoms with van der Waals surface area (Å²) in [5.41, 5.74) is 5.48. The summed E-state index contributed by atoms with van der Waals surface area (Å²) in [6.45, 7) is 2.43. The maximum atomic E-state index is 10.6. The van der Waals surface area contributed by atoms with Crippen molar-refractivity contribution in [1.82, 2.24) is 10.2 Å². The van der Waals surface area contributed by atoms with Crippen molar-refractivity contribution in [2.75, 3.05) is 0 Å². The Morgan fingerprint density at radius 2 is 1.63 bits per heavy atom. The topological polar surface area (TPSA) is 58.1 Å². The summed E-state index contributed by atoms with van der Waals surface area (Å²) in [7, 11) is 0. The standard InChI is InChI=1S/C23H20N2O2/c1-16-22(18-10-6-3-7-11-18)23(25-24-16)20-13-12-19(14-21(20)26)27-15-17-8-4-2-5-9-17/h2-14,26H,15H2,1H3,(H,24,25). The first kappa shape index (κ1) is 16.9. The molecule has 0 saturated heterocycles. The Kier molecular flexibility index (Phi) is 4.62. The molecule has 4 aromatic rings. The van der Waals surface area contributed by atoms with Crippen LogP contribution in [0.1, 0.15) is 11.3 Å². The van der Waals surface area contributed by atoms with Crippen molar-refractivity contribution in [3.05, 3.63) is 90.1 Å². The normalized spacial score (nSPS) is 10.7. The van der Waals surface area contributed by atoms with E-state index in [0.717, 1.165) is 28.1 Å². The van der Waals surface area contributed by atoms with Gasteiger partial charge in [0.05, 0.1) is 0 Å². The quantitative estimate of drug-likeness (QED) is 0.508. The van der Waals surface area contributed by atoms with E-state index in [4.69, 9.17) is 4.74 Å². The van der Waals surface area contributed by atoms with Crippen molar-refractivity contribution in [2.24, 2.45) is 0 Å². The van der Waals surface area contributed by atoms with E-state index in [1.165, 1.54) is 0 Å². The van der Waals surface area contributed by atoms with E-state index in [0.29, 0.717) is 17.9 Å². The lowest BCUT2D eigenvalue weighted by Gasteiger charge is -2.10. The molecule has 0 bridgehead atoms. The first-order valence-corrected chi connectivity index (χ1v) is 8.83. The maximum absolute atomic E-state index is 10.6. The Morgan fingerprint density at radius 1 is 0.926 bits per heavy atom. The van der Waals surface area contributed by atoms with Crippen molar-refractivity contribution >= 4 is 0 Å². The molecule has 0 fully saturated rings. The van der Waals surface area contributed by atoms with Gasteiger partial charge in [-0.25, -0.2) is 0 Å². The molecule has 0 radical (unpaired) electrons. The number of ether oxygens (including phenoxy) is 1. The van der Waals surface area contributed by atoms with E-state index in [1.807, 2.05) is 79.7 Å². The molecular weight excluding hydrogens is 336 g/mol. The number of phenolic OH excluding ortho intramolecular Hbond substituents is 1. The predicted octanol–water partition coefficient (Wildman–Crippen LogP) is 5.34. The van der Waals surface area contributed by atoms with Crippen LogP contribution in [0.3, 0.4) is 0 Å². The summed E-state index contributed by atoms with van der Waals surface area (Å²) in [5, 5.41) is 18.0. The summed E-state index contributed by atoms with van der Waals surface area (Å²) in [5.74, 6) is 0.762. The lowest BCUT2D eigenvalue weighted by Crippen LogP contribution is -1.95. The van der Waals surface area contributed by atoms with Crippen LogP contribution in [0.15, 0.2) is 78.9 Å². The average molecular weight is 356 g/mol. The third-order valence-electron chi connectivity index (χ3n) is 4.48. The van der Waals surface area contributed by atoms with E-state index < -0.39 is 0 Å². The van der Waals surface area contributed by atoms with E-state index in [9.17, 15) is 5.11 Å². The van der Waals surface area contributed by atoms with Crippen LogP contribution in [-0.4, -0.2) is 15.3 Å². The molecule has 0 saturated carbocycles. The van der Waals surface area contributed by atoms with Crippen molar-refractivity contribution in [2.45, 2.75) is 13.5 Å². The van der Waals surface area contributed by atoms with Crippen LogP contribution in [0.5, 0.6) is 11.5 Å². The van der Waals surface area contributed by atoms with Gasteiger partial charge >= 0.3 is 0 Å². The fourth-order valence-electron chi connectivity index (χ4n) is 3.12. The van der Waals surface area contributed by atoms with Crippen molar-refractivity contribution < 1.29 is 9.84 Å². The van der Waals surface area contributed by atoms with Gasteiger partial charge in [-0.1, -0.05) is 60.7 Å². The summed E-state index contributed by atoms with van der Waals surface area (Å²) in [6.07, 6.45) is 0. The molecule has 0 aliphatic rings. The predicted molar refractivity (Wildman–Crippen MR) is 107 cm³/mol. The minimum absolute atomic E-state index is 0.143. The lowest BCUT2D eigenvalue weighted by atomic mass is 9.99. The Morgan fingerprint density at radius 3 is 2.33 bits per heavy atom. The van der Waals surface area contributed by atoms with Gasteiger partial charge in [-0.3, -0.25) is 5.10 Å². The van der Waals surface area contributed by atoms with Gasteiger partial charge in [0, 0.05) is 22.9 Å². The highest BCUT2D eigenvalue weighted by Crippen LogP contribution is 2.38. The smallest absolute Gasteiger partial charge is 0.128 e. The highest BCUT2D eigenvalue weighted by molar-refractivity contribution is 5.85. The molecule has 1 heterocycles. The zero-order valence-electron chi connectivity index (χ0n) is 15.0. The van der Waals surface area contributed by atoms with Gasteiger partial charge in [0.15, 0.2) is 0 Å². The molecule has 0 aliphatic heterocycles. The van der Waals surface area contributed by atoms with E-state index in [-0.39, 0.29) is 5.75 Å². The Balaban J connectivity index is 1.62. The molecule has 4 nitrogen and oxygen atoms in total. The van der Waals surface area contributed by atoms with E-state index >= 15 is 0 Å². The van der Waals surface area contributed by atoms with Crippen molar-refractivity contribution in [3.63, 3.8) is 0 Å². The first-order chi connectivity index (χ1) is 13.2. The van der Waals surface area contributed by atoms with Gasteiger partial charge in [0.25, 0.3) is 0 Å². The molecule has 0 aliphatic carbocycles. The molecule has 4 heteroatoms. The molecule has 1 aromatic heterocycles. The minimum atomic E-state index is 0.143. The van der Waals surface area contributed by atoms with Gasteiger partial charge in [0.1, 0.15) is 23.8 Å². The van der Waals surface area contributed by atoms with Crippen molar-refractivity contribution in [1.29, 1.82) is 0 Å². The Labute approximate surface area is 158 Å². The minimum Gasteiger partial charge on any atom is -0.507 e. The number of rotatable bonds is 5. The second kappa shape index (κ2) is 7.38. The molecule has 2 N–H and O–H groups in total. The molecular formula is C23H20N2O2. The highest BCUT2D eigenvalue weighted by Gasteiger charge is 2.17. The van der Waals surface area contributed by atoms with Gasteiger partial charge in [-0.05, 0) is 30.2 Å². The van der Waals surface area contributed by atoms with Gasteiger partial charge in [0.2, 0.25) is 0 Å². The van der Waals surface area contributed by atoms with E-state index in [1.54, 1.807) is 6.07 Å². The molecule has 3 aromatic carbocycles. The Hall–Kier alpha value is -3.53. The maximum Gasteiger partial charge on any atom is 0.128 e. The number of aromatic hydroxyl groups is 1. The number of H-pyrrole nitrogens is 1. The van der Waals surface area contributed by atoms with Gasteiger partial charge in [-0.2, -0.15) is 5.10 Å². The van der Waals surface area contributed by atoms with Crippen LogP contribution >= 0.6 is 0 Å². The number of nitrogens with one attached hydrogen (secondary N) is 1. The SMILES string of the molecule is Cc1[nH]nc(-c2ccc(OCc3ccccc3)cc2O)c1-c1ccccc1. The van der Waals surface area contributed by atoms with Crippen LogP contribution < -0.4 is 4.74 Å². The molecule has 27 heavy (non-hydrogen) atoms. The largest absolute Gasteiger partial charge is 0.507 e. The third-order valence-corrected chi connectivity index (χ3v) is 4.48. The Bertz CT molecular complexity index is 1040. The number of nitrogens with zero attached hydrogens (tertiary/aromatic N) is 1. The number of hydrogen-bond donors (Lipinski definition) is 2. The summed E-state index contributed by atoms with van der Waals surface area (Å²) < 4.78 is 5.80. The summed E-state index contributed by atoms with van der Waals surface area (Å²) >= 11 is 0. The summed E-state index contributed by atoms with van der Waals surface area (Å²) in [6, 6.07) is 25.3. The van der Waals surface area contributed by atoms with Crippen LogP contribution in [0.2, 0.25) is 0 Å². The van der Waals surface area contributed by atoms with E-state index in [2.05, 4.69) is 10.2 Å². The average Bonchev–Trinajstić information content (AvgIpc) is 3.09. The van der Waals surface area contributed by atoms with Crippen LogP contribution in [-0.2, 0) is 6.61 Å². The monoisotopic (exact) mass is 356 g/mol. The number of hydrogen-bond acceptors (Lipinski definition) is 3. The number of aromatic amines is 1. The third kappa shape index (κ3) is 3.55. The van der Waals surface area contributed by atoms with Crippen LogP contribution in [0, 0.1) is 6.92 Å². The zero-order chi connectivity index (χ0) is 18.6. The first-order valence-electron chi connectivity index (χ1n) is 8.83. The lowest BCUT2D eigenvalue weighted by molar-refractivity contribution is 0.304. The summed E-state index contributed by atoms with van der Waals surface area (Å²) in [4.78, 5) is 0. The second-order valence-corrected chi connectivity index (χ2v) is 6.39. The van der Waals surface area contributed by atoms with Gasteiger partial charge in [-0.15, -0.1) is 0 Å². The van der Waals surface area contributed by atoms with Crippen molar-refractivity contribution in [3.8, 4) is 33.9 Å². The number of aryl methyl sites for hydroxylation is 1. The molecule has 0 amide bonds. The fraction of sp³-hybridized carbons (Fsp3) is 0.0870. The second-order valence-electron chi connectivity index (χ2n) is 6.39. The fourth-order valence-corrected chi connectivity index (χ4v) is 3.12. The molecule has 0 atom stereocenters. The highest BCUT2D eigenvalue weighted by atomic mass is 16.5.